The highest BCUT2D eigenvalue weighted by Gasteiger charge is 2.18. The van der Waals surface area contributed by atoms with Crippen molar-refractivity contribution in [2.45, 2.75) is 59.7 Å². The molecule has 0 saturated carbocycles. The van der Waals surface area contributed by atoms with Gasteiger partial charge in [-0.1, -0.05) is 0 Å². The van der Waals surface area contributed by atoms with E-state index < -0.39 is 0 Å². The number of hydrogen-bond acceptors (Lipinski definition) is 4. The summed E-state index contributed by atoms with van der Waals surface area (Å²) in [5.41, 5.74) is 3.83. The minimum absolute atomic E-state index is 0.109. The lowest BCUT2D eigenvalue weighted by Crippen LogP contribution is -2.37. The van der Waals surface area contributed by atoms with Gasteiger partial charge in [0.25, 0.3) is 0 Å². The largest absolute Gasteiger partial charge is 0.356 e. The van der Waals surface area contributed by atoms with Crippen molar-refractivity contribution in [3.8, 4) is 0 Å². The van der Waals surface area contributed by atoms with E-state index in [0.717, 1.165) is 23.8 Å². The minimum Gasteiger partial charge on any atom is -0.356 e. The van der Waals surface area contributed by atoms with E-state index in [2.05, 4.69) is 71.1 Å². The van der Waals surface area contributed by atoms with Crippen LogP contribution in [0, 0.1) is 13.8 Å². The summed E-state index contributed by atoms with van der Waals surface area (Å²) < 4.78 is 0. The van der Waals surface area contributed by atoms with Crippen molar-refractivity contribution < 1.29 is 0 Å². The van der Waals surface area contributed by atoms with Gasteiger partial charge in [0.2, 0.25) is 0 Å². The van der Waals surface area contributed by atoms with Crippen LogP contribution in [0.2, 0.25) is 0 Å². The molecule has 0 radical (unpaired) electrons. The maximum absolute atomic E-state index is 4.81. The van der Waals surface area contributed by atoms with Gasteiger partial charge in [-0.3, -0.25) is 0 Å². The van der Waals surface area contributed by atoms with Crippen LogP contribution in [0.4, 0.5) is 5.82 Å². The molecule has 0 aromatic carbocycles. The summed E-state index contributed by atoms with van der Waals surface area (Å²) in [5, 5.41) is 3.59. The molecule has 0 bridgehead atoms. The highest BCUT2D eigenvalue weighted by atomic mass is 32.2. The Labute approximate surface area is 134 Å². The van der Waals surface area contributed by atoms with Crippen LogP contribution in [0.15, 0.2) is 6.07 Å². The number of thioether (sulfide) groups is 1. The van der Waals surface area contributed by atoms with Gasteiger partial charge in [0.15, 0.2) is 0 Å². The SMILES string of the molecule is CSCC(C)N(C)c1nc(C)cc(C)c1CNC(C)(C)C. The topological polar surface area (TPSA) is 28.2 Å². The predicted octanol–water partition coefficient (Wildman–Crippen LogP) is 3.77. The number of nitrogens with zero attached hydrogens (tertiary/aromatic N) is 2. The molecule has 1 aromatic rings. The number of nitrogens with one attached hydrogen (secondary N) is 1. The highest BCUT2D eigenvalue weighted by molar-refractivity contribution is 7.98. The summed E-state index contributed by atoms with van der Waals surface area (Å²) in [5.74, 6) is 2.22. The Bertz CT molecular complexity index is 466. The van der Waals surface area contributed by atoms with Gasteiger partial charge in [-0.15, -0.1) is 0 Å². The van der Waals surface area contributed by atoms with Gasteiger partial charge in [-0.25, -0.2) is 4.98 Å². The summed E-state index contributed by atoms with van der Waals surface area (Å²) in [6.45, 7) is 14.0. The number of hydrogen-bond donors (Lipinski definition) is 1. The molecule has 120 valence electrons. The van der Waals surface area contributed by atoms with Crippen molar-refractivity contribution in [2.24, 2.45) is 0 Å². The third-order valence-corrected chi connectivity index (χ3v) is 4.47. The van der Waals surface area contributed by atoms with Crippen molar-refractivity contribution in [3.05, 3.63) is 22.9 Å². The minimum atomic E-state index is 0.109. The molecule has 0 aliphatic heterocycles. The van der Waals surface area contributed by atoms with Crippen molar-refractivity contribution in [1.82, 2.24) is 10.3 Å². The van der Waals surface area contributed by atoms with Crippen LogP contribution < -0.4 is 10.2 Å². The zero-order valence-electron chi connectivity index (χ0n) is 14.9. The third kappa shape index (κ3) is 5.51. The first-order chi connectivity index (χ1) is 9.65. The van der Waals surface area contributed by atoms with Crippen LogP contribution in [0.5, 0.6) is 0 Å². The first kappa shape index (κ1) is 18.3. The van der Waals surface area contributed by atoms with E-state index >= 15 is 0 Å². The monoisotopic (exact) mass is 309 g/mol. The average Bonchev–Trinajstić information content (AvgIpc) is 2.35. The van der Waals surface area contributed by atoms with Gasteiger partial charge in [-0.05, 0) is 59.4 Å². The first-order valence-corrected chi connectivity index (χ1v) is 8.99. The third-order valence-electron chi connectivity index (χ3n) is 3.65. The van der Waals surface area contributed by atoms with E-state index in [1.165, 1.54) is 11.1 Å². The second-order valence-corrected chi connectivity index (χ2v) is 7.81. The van der Waals surface area contributed by atoms with E-state index in [9.17, 15) is 0 Å². The Morgan fingerprint density at radius 3 is 2.48 bits per heavy atom. The van der Waals surface area contributed by atoms with Gasteiger partial charge in [0.05, 0.1) is 0 Å². The number of pyridine rings is 1. The fraction of sp³-hybridized carbons (Fsp3) is 0.706. The molecular formula is C17H31N3S. The molecule has 1 N–H and O–H groups in total. The molecule has 4 heteroatoms. The smallest absolute Gasteiger partial charge is 0.133 e. The van der Waals surface area contributed by atoms with Crippen LogP contribution in [-0.4, -0.2) is 35.6 Å². The van der Waals surface area contributed by atoms with Gasteiger partial charge in [0.1, 0.15) is 5.82 Å². The Hall–Kier alpha value is -0.740. The molecule has 0 spiro atoms. The number of anilines is 1. The van der Waals surface area contributed by atoms with Gasteiger partial charge >= 0.3 is 0 Å². The fourth-order valence-electron chi connectivity index (χ4n) is 2.27. The maximum atomic E-state index is 4.81. The normalized spacial score (nSPS) is 13.3. The number of rotatable bonds is 6. The molecule has 1 atom stereocenters. The summed E-state index contributed by atoms with van der Waals surface area (Å²) in [4.78, 5) is 7.13. The Morgan fingerprint density at radius 2 is 1.95 bits per heavy atom. The van der Waals surface area contributed by atoms with E-state index in [0.29, 0.717) is 6.04 Å². The lowest BCUT2D eigenvalue weighted by Gasteiger charge is -2.30. The van der Waals surface area contributed by atoms with Crippen molar-refractivity contribution in [2.75, 3.05) is 24.0 Å². The summed E-state index contributed by atoms with van der Waals surface area (Å²) in [6.07, 6.45) is 2.15. The van der Waals surface area contributed by atoms with Crippen LogP contribution in [0.1, 0.15) is 44.5 Å². The number of aryl methyl sites for hydroxylation is 2. The Kier molecular flexibility index (Phi) is 6.54. The van der Waals surface area contributed by atoms with Gasteiger partial charge < -0.3 is 10.2 Å². The van der Waals surface area contributed by atoms with E-state index in [1.807, 2.05) is 11.8 Å². The van der Waals surface area contributed by atoms with Crippen LogP contribution in [-0.2, 0) is 6.54 Å². The summed E-state index contributed by atoms with van der Waals surface area (Å²) >= 11 is 1.88. The van der Waals surface area contributed by atoms with Crippen LogP contribution in [0.3, 0.4) is 0 Å². The van der Waals surface area contributed by atoms with Gasteiger partial charge in [0, 0.05) is 42.2 Å². The summed E-state index contributed by atoms with van der Waals surface area (Å²) in [6, 6.07) is 2.65. The molecule has 1 heterocycles. The Morgan fingerprint density at radius 1 is 1.33 bits per heavy atom. The molecule has 1 rings (SSSR count). The second-order valence-electron chi connectivity index (χ2n) is 6.90. The van der Waals surface area contributed by atoms with Crippen LogP contribution in [0.25, 0.3) is 0 Å². The van der Waals surface area contributed by atoms with Crippen LogP contribution >= 0.6 is 11.8 Å². The molecular weight excluding hydrogens is 278 g/mol. The van der Waals surface area contributed by atoms with Crippen molar-refractivity contribution >= 4 is 17.6 Å². The highest BCUT2D eigenvalue weighted by Crippen LogP contribution is 2.24. The molecule has 21 heavy (non-hydrogen) atoms. The zero-order valence-corrected chi connectivity index (χ0v) is 15.7. The molecule has 1 unspecified atom stereocenters. The Balaban J connectivity index is 3.10. The number of aromatic nitrogens is 1. The van der Waals surface area contributed by atoms with E-state index in [1.54, 1.807) is 0 Å². The van der Waals surface area contributed by atoms with Gasteiger partial charge in [-0.2, -0.15) is 11.8 Å². The first-order valence-electron chi connectivity index (χ1n) is 7.59. The molecule has 0 fully saturated rings. The quantitative estimate of drug-likeness (QED) is 0.866. The fourth-order valence-corrected chi connectivity index (χ4v) is 2.98. The second kappa shape index (κ2) is 7.50. The zero-order chi connectivity index (χ0) is 16.2. The lowest BCUT2D eigenvalue weighted by molar-refractivity contribution is 0.423. The molecule has 0 saturated heterocycles. The molecule has 3 nitrogen and oxygen atoms in total. The molecule has 0 aliphatic carbocycles. The molecule has 0 aliphatic rings. The molecule has 1 aromatic heterocycles. The molecule has 0 amide bonds. The van der Waals surface area contributed by atoms with E-state index in [-0.39, 0.29) is 5.54 Å². The summed E-state index contributed by atoms with van der Waals surface area (Å²) in [7, 11) is 2.16. The predicted molar refractivity (Wildman–Crippen MR) is 96.6 cm³/mol. The average molecular weight is 310 g/mol. The van der Waals surface area contributed by atoms with Crippen molar-refractivity contribution in [1.29, 1.82) is 0 Å². The maximum Gasteiger partial charge on any atom is 0.133 e. The lowest BCUT2D eigenvalue weighted by atomic mass is 10.0. The van der Waals surface area contributed by atoms with Crippen molar-refractivity contribution in [3.63, 3.8) is 0 Å². The standard InChI is InChI=1S/C17H31N3S/c1-12-9-13(2)19-16(20(7)14(3)11-21-8)15(12)10-18-17(4,5)6/h9,14,18H,10-11H2,1-8H3. The van der Waals surface area contributed by atoms with E-state index in [4.69, 9.17) is 4.98 Å².